The second-order valence-electron chi connectivity index (χ2n) is 12.5. The second kappa shape index (κ2) is 18.7. The monoisotopic (exact) mass is 654 g/mol. The van der Waals surface area contributed by atoms with Crippen molar-refractivity contribution in [1.29, 1.82) is 0 Å². The predicted molar refractivity (Wildman–Crippen MR) is 172 cm³/mol. The number of carbonyl (C=O) groups excluding carboxylic acids is 3. The van der Waals surface area contributed by atoms with Gasteiger partial charge in [0.1, 0.15) is 11.8 Å². The summed E-state index contributed by atoms with van der Waals surface area (Å²) in [6.45, 7) is 0.810. The number of hydrogen-bond acceptors (Lipinski definition) is 8. The number of amides is 2. The molecule has 3 atom stereocenters. The predicted octanol–water partition coefficient (Wildman–Crippen LogP) is 2.93. The van der Waals surface area contributed by atoms with Crippen molar-refractivity contribution in [1.82, 2.24) is 15.6 Å². The summed E-state index contributed by atoms with van der Waals surface area (Å²) in [5.41, 5.74) is 7.23. The second-order valence-corrected chi connectivity index (χ2v) is 12.5. The summed E-state index contributed by atoms with van der Waals surface area (Å²) < 4.78 is 0. The SMILES string of the molecule is NCC1CCC(C(=O)N[C@@H](Cc2ccc3ccccc3n2)C(=O)NCCCC[C@H](CC(=O)C[C@@H](CCC(=O)O)C(=O)O)C(=O)O)CC1. The van der Waals surface area contributed by atoms with Crippen molar-refractivity contribution in [2.75, 3.05) is 13.1 Å². The molecule has 1 aliphatic rings. The number of aromatic nitrogens is 1. The zero-order chi connectivity index (χ0) is 34.3. The van der Waals surface area contributed by atoms with E-state index in [1.54, 1.807) is 0 Å². The minimum atomic E-state index is -1.30. The lowest BCUT2D eigenvalue weighted by molar-refractivity contribution is -0.146. The van der Waals surface area contributed by atoms with Gasteiger partial charge in [-0.2, -0.15) is 0 Å². The number of carbonyl (C=O) groups is 6. The van der Waals surface area contributed by atoms with Crippen molar-refractivity contribution in [3.63, 3.8) is 0 Å². The number of unbranched alkanes of at least 4 members (excludes halogenated alkanes) is 1. The molecule has 13 nitrogen and oxygen atoms in total. The van der Waals surface area contributed by atoms with Gasteiger partial charge in [0, 0.05) is 49.2 Å². The normalized spacial score (nSPS) is 18.1. The Balaban J connectivity index is 1.54. The van der Waals surface area contributed by atoms with E-state index in [1.807, 2.05) is 36.4 Å². The Morgan fingerprint density at radius 1 is 0.851 bits per heavy atom. The fourth-order valence-electron chi connectivity index (χ4n) is 6.00. The molecule has 0 spiro atoms. The van der Waals surface area contributed by atoms with Crippen molar-refractivity contribution in [3.05, 3.63) is 42.1 Å². The van der Waals surface area contributed by atoms with Crippen LogP contribution in [0.2, 0.25) is 0 Å². The average Bonchev–Trinajstić information content (AvgIpc) is 3.05. The first kappa shape index (κ1) is 37.1. The maximum Gasteiger partial charge on any atom is 0.306 e. The van der Waals surface area contributed by atoms with E-state index in [1.165, 1.54) is 0 Å². The van der Waals surface area contributed by atoms with Crippen LogP contribution < -0.4 is 16.4 Å². The molecular formula is C34H46N4O9. The first-order valence-corrected chi connectivity index (χ1v) is 16.3. The van der Waals surface area contributed by atoms with E-state index >= 15 is 0 Å². The summed E-state index contributed by atoms with van der Waals surface area (Å²) >= 11 is 0. The van der Waals surface area contributed by atoms with Crippen molar-refractivity contribution in [2.24, 2.45) is 29.4 Å². The Labute approximate surface area is 273 Å². The molecule has 2 aromatic rings. The van der Waals surface area contributed by atoms with E-state index in [0.717, 1.165) is 23.7 Å². The highest BCUT2D eigenvalue weighted by Gasteiger charge is 2.30. The van der Waals surface area contributed by atoms with Gasteiger partial charge in [0.15, 0.2) is 0 Å². The number of pyridine rings is 1. The van der Waals surface area contributed by atoms with E-state index in [2.05, 4.69) is 15.6 Å². The van der Waals surface area contributed by atoms with E-state index in [0.29, 0.717) is 43.8 Å². The van der Waals surface area contributed by atoms with E-state index in [-0.39, 0.29) is 50.0 Å². The van der Waals surface area contributed by atoms with Crippen molar-refractivity contribution in [2.45, 2.75) is 83.1 Å². The number of hydrogen-bond donors (Lipinski definition) is 6. The Morgan fingerprint density at radius 3 is 2.15 bits per heavy atom. The number of ketones is 1. The summed E-state index contributed by atoms with van der Waals surface area (Å²) in [6, 6.07) is 10.5. The first-order chi connectivity index (χ1) is 22.5. The molecule has 3 rings (SSSR count). The number of carboxylic acids is 3. The Kier molecular flexibility index (Phi) is 14.7. The van der Waals surface area contributed by atoms with Gasteiger partial charge in [-0.15, -0.1) is 0 Å². The Bertz CT molecular complexity index is 1410. The van der Waals surface area contributed by atoms with Gasteiger partial charge in [0.2, 0.25) is 11.8 Å². The van der Waals surface area contributed by atoms with Crippen LogP contribution in [0, 0.1) is 23.7 Å². The lowest BCUT2D eigenvalue weighted by Gasteiger charge is -2.28. The number of carboxylic acid groups (broad SMARTS) is 3. The Morgan fingerprint density at radius 2 is 1.51 bits per heavy atom. The molecule has 1 heterocycles. The van der Waals surface area contributed by atoms with Gasteiger partial charge in [-0.3, -0.25) is 33.8 Å². The smallest absolute Gasteiger partial charge is 0.306 e. The van der Waals surface area contributed by atoms with Crippen molar-refractivity contribution in [3.8, 4) is 0 Å². The Hall–Kier alpha value is -4.39. The summed E-state index contributed by atoms with van der Waals surface area (Å²) in [6.07, 6.45) is 2.85. The molecule has 7 N–H and O–H groups in total. The molecule has 47 heavy (non-hydrogen) atoms. The summed E-state index contributed by atoms with van der Waals surface area (Å²) in [5, 5.41) is 34.5. The van der Waals surface area contributed by atoms with Crippen LogP contribution in [0.5, 0.6) is 0 Å². The molecule has 0 aliphatic heterocycles. The molecule has 0 bridgehead atoms. The van der Waals surface area contributed by atoms with Crippen molar-refractivity contribution >= 4 is 46.4 Å². The average molecular weight is 655 g/mol. The third-order valence-electron chi connectivity index (χ3n) is 8.89. The number of fused-ring (bicyclic) bond motifs is 1. The van der Waals surface area contributed by atoms with Crippen LogP contribution in [0.3, 0.4) is 0 Å². The number of Topliss-reactive ketones (excluding diaryl/α,β-unsaturated/α-hetero) is 1. The fraction of sp³-hybridized carbons (Fsp3) is 0.559. The number of aliphatic carboxylic acids is 3. The minimum Gasteiger partial charge on any atom is -0.481 e. The number of para-hydroxylation sites is 1. The van der Waals surface area contributed by atoms with Gasteiger partial charge in [-0.05, 0) is 69.5 Å². The van der Waals surface area contributed by atoms with E-state index < -0.39 is 54.4 Å². The molecule has 1 aromatic carbocycles. The molecular weight excluding hydrogens is 608 g/mol. The highest BCUT2D eigenvalue weighted by atomic mass is 16.4. The molecule has 0 unspecified atom stereocenters. The van der Waals surface area contributed by atoms with Crippen LogP contribution >= 0.6 is 0 Å². The van der Waals surface area contributed by atoms with Crippen LogP contribution in [-0.4, -0.2) is 74.9 Å². The zero-order valence-corrected chi connectivity index (χ0v) is 26.6. The highest BCUT2D eigenvalue weighted by Crippen LogP contribution is 2.28. The van der Waals surface area contributed by atoms with Gasteiger partial charge < -0.3 is 31.7 Å². The third-order valence-corrected chi connectivity index (χ3v) is 8.89. The van der Waals surface area contributed by atoms with Gasteiger partial charge >= 0.3 is 17.9 Å². The van der Waals surface area contributed by atoms with Crippen LogP contribution in [0.1, 0.15) is 76.3 Å². The molecule has 256 valence electrons. The first-order valence-electron chi connectivity index (χ1n) is 16.3. The van der Waals surface area contributed by atoms with Crippen LogP contribution in [-0.2, 0) is 35.2 Å². The van der Waals surface area contributed by atoms with Crippen LogP contribution in [0.4, 0.5) is 0 Å². The van der Waals surface area contributed by atoms with Crippen molar-refractivity contribution < 1.29 is 44.1 Å². The molecule has 2 amide bonds. The van der Waals surface area contributed by atoms with E-state index in [9.17, 15) is 39.0 Å². The lowest BCUT2D eigenvalue weighted by atomic mass is 9.81. The van der Waals surface area contributed by atoms with Gasteiger partial charge in [0.25, 0.3) is 0 Å². The molecule has 1 aliphatic carbocycles. The quantitative estimate of drug-likeness (QED) is 0.114. The number of benzene rings is 1. The summed E-state index contributed by atoms with van der Waals surface area (Å²) in [5.74, 6) is -6.80. The summed E-state index contributed by atoms with van der Waals surface area (Å²) in [4.78, 5) is 77.6. The maximum absolute atomic E-state index is 13.3. The molecule has 0 saturated heterocycles. The largest absolute Gasteiger partial charge is 0.481 e. The molecule has 13 heteroatoms. The highest BCUT2D eigenvalue weighted by molar-refractivity contribution is 5.89. The molecule has 1 aromatic heterocycles. The van der Waals surface area contributed by atoms with Gasteiger partial charge in [-0.25, -0.2) is 0 Å². The van der Waals surface area contributed by atoms with Crippen LogP contribution in [0.15, 0.2) is 36.4 Å². The molecule has 1 saturated carbocycles. The van der Waals surface area contributed by atoms with E-state index in [4.69, 9.17) is 10.8 Å². The number of nitrogens with zero attached hydrogens (tertiary/aromatic N) is 1. The minimum absolute atomic E-state index is 0.135. The standard InChI is InChI=1S/C34H46N4O9/c35-20-21-8-10-23(11-9-21)31(42)38-29(19-26-14-12-22-5-1-2-7-28(22)37-26)32(43)36-16-4-3-6-24(33(44)45)17-27(39)18-25(34(46)47)13-15-30(40)41/h1-2,5,7,12,14,21,23-25,29H,3-4,6,8-11,13,15-20,35H2,(H,36,43)(H,38,42)(H,40,41)(H,44,45)(H,46,47)/t21?,23?,24-,25-,29+/m1/s1. The molecule has 1 fully saturated rings. The number of rotatable bonds is 20. The fourth-order valence-corrected chi connectivity index (χ4v) is 6.00. The zero-order valence-electron chi connectivity index (χ0n) is 26.6. The number of nitrogens with one attached hydrogen (secondary N) is 2. The lowest BCUT2D eigenvalue weighted by Crippen LogP contribution is -2.50. The third kappa shape index (κ3) is 12.4. The van der Waals surface area contributed by atoms with Gasteiger partial charge in [-0.1, -0.05) is 30.7 Å². The topological polar surface area (TPSA) is 226 Å². The molecule has 0 radical (unpaired) electrons. The summed E-state index contributed by atoms with van der Waals surface area (Å²) in [7, 11) is 0. The van der Waals surface area contributed by atoms with Gasteiger partial charge in [0.05, 0.1) is 17.4 Å². The number of nitrogens with two attached hydrogens (primary N) is 1. The maximum atomic E-state index is 13.3. The van der Waals surface area contributed by atoms with Crippen LogP contribution in [0.25, 0.3) is 10.9 Å².